The number of halogens is 1. The quantitative estimate of drug-likeness (QED) is 0.336. The number of ether oxygens (including phenoxy) is 3. The number of aromatic nitrogens is 2. The summed E-state index contributed by atoms with van der Waals surface area (Å²) in [7, 11) is 3.30. The minimum Gasteiger partial charge on any atom is -0.489 e. The number of aryl methyl sites for hydroxylation is 2. The number of oxime groups is 1. The molecule has 0 spiro atoms. The van der Waals surface area contributed by atoms with Crippen molar-refractivity contribution in [3.8, 4) is 28.9 Å². The Morgan fingerprint density at radius 1 is 0.967 bits per heavy atom. The summed E-state index contributed by atoms with van der Waals surface area (Å²) in [5.74, 6) is 3.34. The average molecular weight is 428 g/mol. The molecule has 0 aliphatic rings. The van der Waals surface area contributed by atoms with Crippen molar-refractivity contribution in [2.45, 2.75) is 6.92 Å². The molecule has 0 saturated heterocycles. The van der Waals surface area contributed by atoms with Gasteiger partial charge in [-0.2, -0.15) is 5.10 Å². The average Bonchev–Trinajstić information content (AvgIpc) is 3.01. The predicted octanol–water partition coefficient (Wildman–Crippen LogP) is 5.42. The van der Waals surface area contributed by atoms with Crippen molar-refractivity contribution < 1.29 is 19.0 Å². The van der Waals surface area contributed by atoms with Crippen molar-refractivity contribution in [3.63, 3.8) is 0 Å². The minimum absolute atomic E-state index is 0.417. The van der Waals surface area contributed by atoms with Gasteiger partial charge in [-0.3, -0.25) is 0 Å². The van der Waals surface area contributed by atoms with Gasteiger partial charge in [0.2, 0.25) is 5.88 Å². The molecule has 30 heavy (non-hydrogen) atoms. The topological polar surface area (TPSA) is 67.1 Å². The summed E-state index contributed by atoms with van der Waals surface area (Å²) in [6.07, 6.45) is 3.30. The zero-order valence-corrected chi connectivity index (χ0v) is 17.7. The summed E-state index contributed by atoms with van der Waals surface area (Å²) in [4.78, 5) is 4.76. The van der Waals surface area contributed by atoms with Gasteiger partial charge in [0.15, 0.2) is 0 Å². The highest BCUT2D eigenvalue weighted by atomic mass is 35.5. The highest BCUT2D eigenvalue weighted by Crippen LogP contribution is 2.29. The summed E-state index contributed by atoms with van der Waals surface area (Å²) < 4.78 is 19.0. The summed E-state index contributed by atoms with van der Waals surface area (Å²) in [5, 5.41) is 8.17. The van der Waals surface area contributed by atoms with E-state index in [-0.39, 0.29) is 0 Å². The fourth-order valence-electron chi connectivity index (χ4n) is 2.64. The third kappa shape index (κ3) is 5.55. The van der Waals surface area contributed by atoms with Gasteiger partial charge in [-0.25, -0.2) is 4.68 Å². The minimum atomic E-state index is 0.417. The lowest BCUT2D eigenvalue weighted by molar-refractivity contribution is 0.215. The first kappa shape index (κ1) is 21.3. The SMILES string of the molecule is CON=Cc1c(C)nn(C)c1Oc1ccc(Oc2ccc(OCC=CCl)cc2)cc1. The lowest BCUT2D eigenvalue weighted by Crippen LogP contribution is -1.97. The number of rotatable bonds is 9. The van der Waals surface area contributed by atoms with Crippen molar-refractivity contribution in [3.05, 3.63) is 71.4 Å². The first-order chi connectivity index (χ1) is 14.6. The van der Waals surface area contributed by atoms with Crippen LogP contribution in [-0.4, -0.2) is 29.7 Å². The number of hydrogen-bond acceptors (Lipinski definition) is 6. The van der Waals surface area contributed by atoms with Crippen LogP contribution < -0.4 is 14.2 Å². The second-order valence-corrected chi connectivity index (χ2v) is 6.42. The zero-order valence-electron chi connectivity index (χ0n) is 16.9. The predicted molar refractivity (Wildman–Crippen MR) is 116 cm³/mol. The van der Waals surface area contributed by atoms with Crippen LogP contribution in [0.15, 0.2) is 65.3 Å². The van der Waals surface area contributed by atoms with E-state index < -0.39 is 0 Å². The van der Waals surface area contributed by atoms with E-state index in [0.717, 1.165) is 17.0 Å². The lowest BCUT2D eigenvalue weighted by Gasteiger charge is -2.10. The van der Waals surface area contributed by atoms with Crippen LogP contribution in [0.4, 0.5) is 0 Å². The Bertz CT molecular complexity index is 1010. The molecule has 0 bridgehead atoms. The molecule has 8 heteroatoms. The zero-order chi connectivity index (χ0) is 21.3. The molecular weight excluding hydrogens is 406 g/mol. The highest BCUT2D eigenvalue weighted by molar-refractivity contribution is 6.25. The van der Waals surface area contributed by atoms with E-state index in [0.29, 0.717) is 29.7 Å². The van der Waals surface area contributed by atoms with Crippen molar-refractivity contribution in [2.24, 2.45) is 12.2 Å². The molecule has 7 nitrogen and oxygen atoms in total. The van der Waals surface area contributed by atoms with Crippen molar-refractivity contribution >= 4 is 17.8 Å². The van der Waals surface area contributed by atoms with Gasteiger partial charge in [-0.1, -0.05) is 16.8 Å². The van der Waals surface area contributed by atoms with E-state index in [4.69, 9.17) is 30.6 Å². The Morgan fingerprint density at radius 3 is 2.10 bits per heavy atom. The maximum atomic E-state index is 5.99. The van der Waals surface area contributed by atoms with Crippen LogP contribution in [-0.2, 0) is 11.9 Å². The van der Waals surface area contributed by atoms with E-state index in [1.165, 1.54) is 12.6 Å². The van der Waals surface area contributed by atoms with Gasteiger partial charge in [-0.05, 0) is 61.5 Å². The Kier molecular flexibility index (Phi) is 7.34. The summed E-state index contributed by atoms with van der Waals surface area (Å²) in [5.41, 5.74) is 2.97. The maximum absolute atomic E-state index is 5.99. The van der Waals surface area contributed by atoms with Gasteiger partial charge in [0, 0.05) is 12.6 Å². The normalized spacial score (nSPS) is 11.2. The molecule has 0 fully saturated rings. The summed E-state index contributed by atoms with van der Waals surface area (Å²) in [6, 6.07) is 14.7. The molecule has 0 atom stereocenters. The van der Waals surface area contributed by atoms with Crippen LogP contribution in [0.2, 0.25) is 0 Å². The Morgan fingerprint density at radius 2 is 1.53 bits per heavy atom. The third-order valence-electron chi connectivity index (χ3n) is 4.03. The molecule has 1 aromatic heterocycles. The van der Waals surface area contributed by atoms with E-state index in [1.54, 1.807) is 17.0 Å². The second-order valence-electron chi connectivity index (χ2n) is 6.16. The molecule has 0 aliphatic heterocycles. The Labute approximate surface area is 180 Å². The summed E-state index contributed by atoms with van der Waals surface area (Å²) >= 11 is 5.47. The number of nitrogens with zero attached hydrogens (tertiary/aromatic N) is 3. The van der Waals surface area contributed by atoms with Crippen LogP contribution >= 0.6 is 11.6 Å². The molecule has 3 rings (SSSR count). The summed E-state index contributed by atoms with van der Waals surface area (Å²) in [6.45, 7) is 2.30. The van der Waals surface area contributed by atoms with Crippen LogP contribution in [0.1, 0.15) is 11.3 Å². The molecule has 0 unspecified atom stereocenters. The molecule has 0 aliphatic carbocycles. The van der Waals surface area contributed by atoms with Gasteiger partial charge < -0.3 is 19.0 Å². The van der Waals surface area contributed by atoms with Gasteiger partial charge >= 0.3 is 0 Å². The van der Waals surface area contributed by atoms with E-state index in [9.17, 15) is 0 Å². The molecule has 2 aromatic carbocycles. The number of hydrogen-bond donors (Lipinski definition) is 0. The van der Waals surface area contributed by atoms with Crippen molar-refractivity contribution in [1.29, 1.82) is 0 Å². The van der Waals surface area contributed by atoms with E-state index in [1.807, 2.05) is 62.5 Å². The molecule has 3 aromatic rings. The maximum Gasteiger partial charge on any atom is 0.226 e. The fourth-order valence-corrected chi connectivity index (χ4v) is 2.71. The molecule has 1 heterocycles. The van der Waals surface area contributed by atoms with Gasteiger partial charge in [0.25, 0.3) is 0 Å². The molecule has 0 radical (unpaired) electrons. The third-order valence-corrected chi connectivity index (χ3v) is 4.21. The first-order valence-corrected chi connectivity index (χ1v) is 9.58. The Hall–Kier alpha value is -3.45. The molecule has 0 saturated carbocycles. The second kappa shape index (κ2) is 10.4. The van der Waals surface area contributed by atoms with Crippen molar-refractivity contribution in [2.75, 3.05) is 13.7 Å². The molecule has 0 amide bonds. The standard InChI is InChI=1S/C22H22ClN3O4/c1-16-21(15-24-27-3)22(26(2)25-16)30-20-11-9-19(10-12-20)29-18-7-5-17(6-8-18)28-14-4-13-23/h4-13,15H,14H2,1-3H3. The number of benzene rings is 2. The smallest absolute Gasteiger partial charge is 0.226 e. The fraction of sp³-hybridized carbons (Fsp3) is 0.182. The largest absolute Gasteiger partial charge is 0.489 e. The van der Waals surface area contributed by atoms with Gasteiger partial charge in [-0.15, -0.1) is 0 Å². The molecule has 156 valence electrons. The van der Waals surface area contributed by atoms with Gasteiger partial charge in [0.05, 0.1) is 17.5 Å². The Balaban J connectivity index is 1.65. The molecular formula is C22H22ClN3O4. The first-order valence-electron chi connectivity index (χ1n) is 9.14. The highest BCUT2D eigenvalue weighted by Gasteiger charge is 2.14. The molecule has 0 N–H and O–H groups in total. The van der Waals surface area contributed by atoms with E-state index in [2.05, 4.69) is 10.3 Å². The monoisotopic (exact) mass is 427 g/mol. The van der Waals surface area contributed by atoms with Crippen LogP contribution in [0, 0.1) is 6.92 Å². The van der Waals surface area contributed by atoms with Crippen molar-refractivity contribution in [1.82, 2.24) is 9.78 Å². The van der Waals surface area contributed by atoms with Crippen LogP contribution in [0.3, 0.4) is 0 Å². The van der Waals surface area contributed by atoms with Gasteiger partial charge in [0.1, 0.15) is 36.7 Å². The lowest BCUT2D eigenvalue weighted by atomic mass is 10.2. The van der Waals surface area contributed by atoms with Crippen LogP contribution in [0.25, 0.3) is 0 Å². The van der Waals surface area contributed by atoms with Crippen LogP contribution in [0.5, 0.6) is 28.9 Å². The van der Waals surface area contributed by atoms with E-state index >= 15 is 0 Å².